The van der Waals surface area contributed by atoms with Gasteiger partial charge in [0.2, 0.25) is 0 Å². The molecular formula is C29H30Cl2N4O3. The number of methoxy groups -OCH3 is 1. The second-order valence-corrected chi connectivity index (χ2v) is 9.70. The Balaban J connectivity index is 1.58. The Labute approximate surface area is 232 Å². The van der Waals surface area contributed by atoms with Crippen LogP contribution in [0, 0.1) is 0 Å². The predicted octanol–water partition coefficient (Wildman–Crippen LogP) is 6.06. The van der Waals surface area contributed by atoms with Crippen molar-refractivity contribution in [2.24, 2.45) is 0 Å². The van der Waals surface area contributed by atoms with Gasteiger partial charge in [-0.15, -0.1) is 5.10 Å². The fraction of sp³-hybridized carbons (Fsp3) is 0.276. The number of nitrogens with zero attached hydrogens (tertiary/aromatic N) is 4. The third-order valence-electron chi connectivity index (χ3n) is 6.10. The van der Waals surface area contributed by atoms with Crippen molar-refractivity contribution in [3.8, 4) is 5.75 Å². The predicted molar refractivity (Wildman–Crippen MR) is 149 cm³/mol. The molecule has 0 unspecified atom stereocenters. The maximum Gasteiger partial charge on any atom is 0.360 e. The van der Waals surface area contributed by atoms with Crippen molar-refractivity contribution >= 4 is 29.2 Å². The summed E-state index contributed by atoms with van der Waals surface area (Å²) in [6.07, 6.45) is 0.554. The molecule has 4 aromatic rings. The van der Waals surface area contributed by atoms with Crippen LogP contribution in [0.4, 0.5) is 0 Å². The van der Waals surface area contributed by atoms with E-state index < -0.39 is 5.97 Å². The van der Waals surface area contributed by atoms with Crippen molar-refractivity contribution in [3.05, 3.63) is 111 Å². The second kappa shape index (κ2) is 13.4. The largest absolute Gasteiger partial charge is 0.497 e. The monoisotopic (exact) mass is 552 g/mol. The molecule has 0 radical (unpaired) electrons. The molecule has 0 aliphatic rings. The van der Waals surface area contributed by atoms with Crippen LogP contribution in [0.3, 0.4) is 0 Å². The molecule has 38 heavy (non-hydrogen) atoms. The highest BCUT2D eigenvalue weighted by Crippen LogP contribution is 2.19. The number of aromatic nitrogens is 3. The maximum absolute atomic E-state index is 12.7. The van der Waals surface area contributed by atoms with Gasteiger partial charge in [0.15, 0.2) is 5.69 Å². The first-order valence-corrected chi connectivity index (χ1v) is 13.1. The van der Waals surface area contributed by atoms with Crippen LogP contribution in [0.1, 0.15) is 39.8 Å². The Hall–Kier alpha value is -3.39. The minimum absolute atomic E-state index is 0.248. The lowest BCUT2D eigenvalue weighted by atomic mass is 10.1. The van der Waals surface area contributed by atoms with Crippen molar-refractivity contribution < 1.29 is 14.3 Å². The molecule has 0 amide bonds. The molecule has 4 rings (SSSR count). The summed E-state index contributed by atoms with van der Waals surface area (Å²) in [6, 6.07) is 23.4. The number of hydrogen-bond donors (Lipinski definition) is 0. The van der Waals surface area contributed by atoms with Gasteiger partial charge in [-0.3, -0.25) is 4.90 Å². The Morgan fingerprint density at radius 2 is 1.42 bits per heavy atom. The molecule has 0 aliphatic heterocycles. The summed E-state index contributed by atoms with van der Waals surface area (Å²) in [4.78, 5) is 15.0. The van der Waals surface area contributed by atoms with Crippen LogP contribution in [-0.2, 0) is 30.8 Å². The number of esters is 1. The minimum Gasteiger partial charge on any atom is -0.497 e. The van der Waals surface area contributed by atoms with Crippen LogP contribution < -0.4 is 4.74 Å². The zero-order valence-corrected chi connectivity index (χ0v) is 23.0. The molecule has 0 saturated carbocycles. The fourth-order valence-corrected chi connectivity index (χ4v) is 4.40. The summed E-state index contributed by atoms with van der Waals surface area (Å²) in [6.45, 7) is 4.58. The molecule has 0 fully saturated rings. The number of carbonyl (C=O) groups is 1. The molecule has 0 N–H and O–H groups in total. The first-order chi connectivity index (χ1) is 18.4. The van der Waals surface area contributed by atoms with Gasteiger partial charge in [0.1, 0.15) is 5.75 Å². The highest BCUT2D eigenvalue weighted by atomic mass is 35.5. The van der Waals surface area contributed by atoms with Gasteiger partial charge in [0.25, 0.3) is 0 Å². The summed E-state index contributed by atoms with van der Waals surface area (Å²) >= 11 is 12.2. The van der Waals surface area contributed by atoms with Crippen LogP contribution >= 0.6 is 23.2 Å². The molecule has 9 heteroatoms. The summed E-state index contributed by atoms with van der Waals surface area (Å²) in [7, 11) is 1.63. The van der Waals surface area contributed by atoms with E-state index in [0.29, 0.717) is 42.6 Å². The van der Waals surface area contributed by atoms with E-state index in [-0.39, 0.29) is 12.3 Å². The Kier molecular flexibility index (Phi) is 9.76. The van der Waals surface area contributed by atoms with Gasteiger partial charge in [-0.1, -0.05) is 64.8 Å². The fourth-order valence-electron chi connectivity index (χ4n) is 4.14. The SMILES string of the molecule is CCOC(=O)c1nnn(Cc2ccc(OC)cc2)c1CCN(Cc1ccc(Cl)cc1)Cc1ccc(Cl)cc1. The number of ether oxygens (including phenoxy) is 2. The summed E-state index contributed by atoms with van der Waals surface area (Å²) in [5, 5.41) is 9.90. The maximum atomic E-state index is 12.7. The topological polar surface area (TPSA) is 69.5 Å². The van der Waals surface area contributed by atoms with Gasteiger partial charge < -0.3 is 9.47 Å². The van der Waals surface area contributed by atoms with Crippen molar-refractivity contribution in [1.29, 1.82) is 0 Å². The smallest absolute Gasteiger partial charge is 0.360 e. The minimum atomic E-state index is -0.467. The molecule has 0 saturated heterocycles. The Morgan fingerprint density at radius 3 is 1.95 bits per heavy atom. The van der Waals surface area contributed by atoms with E-state index in [9.17, 15) is 4.79 Å². The zero-order chi connectivity index (χ0) is 26.9. The molecule has 198 valence electrons. The second-order valence-electron chi connectivity index (χ2n) is 8.82. The number of halogens is 2. The van der Waals surface area contributed by atoms with Crippen LogP contribution in [0.15, 0.2) is 72.8 Å². The third kappa shape index (κ3) is 7.57. The highest BCUT2D eigenvalue weighted by molar-refractivity contribution is 6.30. The van der Waals surface area contributed by atoms with Gasteiger partial charge in [0, 0.05) is 36.1 Å². The number of rotatable bonds is 12. The molecule has 0 atom stereocenters. The number of benzene rings is 3. The summed E-state index contributed by atoms with van der Waals surface area (Å²) < 4.78 is 12.3. The van der Waals surface area contributed by atoms with Crippen LogP contribution in [0.5, 0.6) is 5.75 Å². The molecule has 1 aromatic heterocycles. The van der Waals surface area contributed by atoms with E-state index in [4.69, 9.17) is 32.7 Å². The van der Waals surface area contributed by atoms with Gasteiger partial charge >= 0.3 is 5.97 Å². The lowest BCUT2D eigenvalue weighted by molar-refractivity contribution is 0.0517. The van der Waals surface area contributed by atoms with Gasteiger partial charge in [-0.05, 0) is 60.0 Å². The van der Waals surface area contributed by atoms with E-state index in [1.54, 1.807) is 18.7 Å². The molecule has 1 heterocycles. The lowest BCUT2D eigenvalue weighted by Crippen LogP contribution is -2.27. The number of hydrogen-bond acceptors (Lipinski definition) is 6. The first-order valence-electron chi connectivity index (χ1n) is 12.4. The van der Waals surface area contributed by atoms with Crippen molar-refractivity contribution in [2.45, 2.75) is 33.0 Å². The average Bonchev–Trinajstić information content (AvgIpc) is 3.32. The van der Waals surface area contributed by atoms with Crippen molar-refractivity contribution in [1.82, 2.24) is 19.9 Å². The lowest BCUT2D eigenvalue weighted by Gasteiger charge is -2.23. The highest BCUT2D eigenvalue weighted by Gasteiger charge is 2.22. The van der Waals surface area contributed by atoms with Crippen LogP contribution in [-0.4, -0.2) is 46.1 Å². The Bertz CT molecular complexity index is 1280. The standard InChI is InChI=1S/C29H30Cl2N4O3/c1-3-38-29(36)28-27(35(33-32-28)20-23-8-14-26(37-2)15-9-23)16-17-34(18-21-4-10-24(30)11-5-21)19-22-6-12-25(31)13-7-22/h4-15H,3,16-20H2,1-2H3. The Morgan fingerprint density at radius 1 is 0.868 bits per heavy atom. The van der Waals surface area contributed by atoms with Crippen molar-refractivity contribution in [3.63, 3.8) is 0 Å². The first kappa shape index (κ1) is 27.6. The normalized spacial score (nSPS) is 11.1. The summed E-state index contributed by atoms with van der Waals surface area (Å²) in [5.74, 6) is 0.310. The van der Waals surface area contributed by atoms with Crippen LogP contribution in [0.25, 0.3) is 0 Å². The molecule has 7 nitrogen and oxygen atoms in total. The number of carbonyl (C=O) groups excluding carboxylic acids is 1. The van der Waals surface area contributed by atoms with Crippen molar-refractivity contribution in [2.75, 3.05) is 20.3 Å². The molecule has 0 spiro atoms. The van der Waals surface area contributed by atoms with E-state index >= 15 is 0 Å². The van der Waals surface area contributed by atoms with E-state index in [1.165, 1.54) is 0 Å². The molecule has 0 aliphatic carbocycles. The summed E-state index contributed by atoms with van der Waals surface area (Å²) in [5.41, 5.74) is 4.28. The van der Waals surface area contributed by atoms with E-state index in [0.717, 1.165) is 28.1 Å². The van der Waals surface area contributed by atoms with E-state index in [1.807, 2.05) is 72.8 Å². The van der Waals surface area contributed by atoms with Gasteiger partial charge in [0.05, 0.1) is 26.0 Å². The average molecular weight is 553 g/mol. The van der Waals surface area contributed by atoms with Crippen LogP contribution in [0.2, 0.25) is 10.0 Å². The third-order valence-corrected chi connectivity index (χ3v) is 6.61. The molecule has 3 aromatic carbocycles. The van der Waals surface area contributed by atoms with E-state index in [2.05, 4.69) is 15.2 Å². The zero-order valence-electron chi connectivity index (χ0n) is 21.4. The quantitative estimate of drug-likeness (QED) is 0.199. The molecular weight excluding hydrogens is 523 g/mol. The van der Waals surface area contributed by atoms with Gasteiger partial charge in [-0.25, -0.2) is 9.48 Å². The van der Waals surface area contributed by atoms with Gasteiger partial charge in [-0.2, -0.15) is 0 Å². The molecule has 0 bridgehead atoms.